The lowest BCUT2D eigenvalue weighted by Crippen LogP contribution is -2.44. The van der Waals surface area contributed by atoms with E-state index in [0.29, 0.717) is 6.61 Å². The molecule has 100 valence electrons. The van der Waals surface area contributed by atoms with E-state index in [2.05, 4.69) is 6.92 Å². The fourth-order valence-electron chi connectivity index (χ4n) is 1.85. The fraction of sp³-hybridized carbons (Fsp3) is 0.833. The van der Waals surface area contributed by atoms with Gasteiger partial charge in [-0.15, -0.1) is 0 Å². The molecule has 0 fully saturated rings. The minimum atomic E-state index is -1.12. The molecule has 0 aliphatic rings. The van der Waals surface area contributed by atoms with Gasteiger partial charge < -0.3 is 8.85 Å². The molecule has 0 aromatic rings. The molecule has 0 unspecified atom stereocenters. The van der Waals surface area contributed by atoms with E-state index in [1.165, 1.54) is 13.8 Å². The number of carbonyl (C=O) groups excluding carboxylic acids is 2. The molecule has 17 heavy (non-hydrogen) atoms. The summed E-state index contributed by atoms with van der Waals surface area (Å²) in [6.07, 6.45) is 2.10. The molecule has 0 N–H and O–H groups in total. The van der Waals surface area contributed by atoms with E-state index in [0.717, 1.165) is 12.8 Å². The van der Waals surface area contributed by atoms with Gasteiger partial charge in [0.15, 0.2) is 0 Å². The summed E-state index contributed by atoms with van der Waals surface area (Å²) in [6.45, 7) is 9.20. The predicted octanol–water partition coefficient (Wildman–Crippen LogP) is 1.39. The summed E-state index contributed by atoms with van der Waals surface area (Å²) in [5.41, 5.74) is -0.754. The first kappa shape index (κ1) is 16.5. The minimum Gasteiger partial charge on any atom is -0.399 e. The fourth-order valence-corrected chi connectivity index (χ4v) is 2.72. The summed E-state index contributed by atoms with van der Waals surface area (Å²) in [5, 5.41) is 0. The number of unbranched alkanes of at least 4 members (excludes halogenated alkanes) is 1. The summed E-state index contributed by atoms with van der Waals surface area (Å²) < 4.78 is 11.0. The van der Waals surface area contributed by atoms with Crippen LogP contribution in [0.25, 0.3) is 0 Å². The molecule has 0 saturated heterocycles. The van der Waals surface area contributed by atoms with Crippen molar-refractivity contribution in [2.24, 2.45) is 5.92 Å². The van der Waals surface area contributed by atoms with Crippen LogP contribution in [0.5, 0.6) is 0 Å². The lowest BCUT2D eigenvalue weighted by molar-refractivity contribution is -0.138. The van der Waals surface area contributed by atoms with Crippen LogP contribution in [0.15, 0.2) is 0 Å². The molecule has 0 aliphatic heterocycles. The largest absolute Gasteiger partial charge is 0.399 e. The van der Waals surface area contributed by atoms with Gasteiger partial charge in [-0.05, 0) is 34.1 Å². The maximum absolute atomic E-state index is 11.4. The Balaban J connectivity index is 4.24. The summed E-state index contributed by atoms with van der Waals surface area (Å²) in [6, 6.07) is 0. The molecule has 0 heterocycles. The minimum absolute atomic E-state index is 0.148. The lowest BCUT2D eigenvalue weighted by atomic mass is 9.85. The molecule has 5 heteroatoms. The van der Waals surface area contributed by atoms with Crippen molar-refractivity contribution in [2.45, 2.75) is 53.1 Å². The second kappa shape index (κ2) is 7.74. The van der Waals surface area contributed by atoms with Crippen LogP contribution in [0.3, 0.4) is 0 Å². The average molecular weight is 260 g/mol. The molecule has 0 amide bonds. The Labute approximate surface area is 106 Å². The predicted molar refractivity (Wildman–Crippen MR) is 69.4 cm³/mol. The van der Waals surface area contributed by atoms with E-state index in [4.69, 9.17) is 8.85 Å². The van der Waals surface area contributed by atoms with Gasteiger partial charge in [-0.3, -0.25) is 9.59 Å². The second-order valence-corrected chi connectivity index (χ2v) is 5.71. The van der Waals surface area contributed by atoms with Gasteiger partial charge in [-0.2, -0.15) is 0 Å². The molecule has 0 radical (unpaired) electrons. The van der Waals surface area contributed by atoms with Crippen molar-refractivity contribution < 1.29 is 18.4 Å². The zero-order valence-electron chi connectivity index (χ0n) is 11.5. The molecule has 0 aromatic heterocycles. The lowest BCUT2D eigenvalue weighted by Gasteiger charge is -2.31. The molecule has 0 aromatic carbocycles. The first-order valence-corrected chi connectivity index (χ1v) is 7.21. The van der Waals surface area contributed by atoms with Gasteiger partial charge in [0.25, 0.3) is 0 Å². The summed E-state index contributed by atoms with van der Waals surface area (Å²) >= 11 is 0. The second-order valence-electron chi connectivity index (χ2n) is 4.78. The van der Waals surface area contributed by atoms with Crippen LogP contribution >= 0.6 is 0 Å². The highest BCUT2D eigenvalue weighted by Gasteiger charge is 2.37. The zero-order chi connectivity index (χ0) is 13.5. The van der Waals surface area contributed by atoms with Gasteiger partial charge >= 0.3 is 10.0 Å². The molecule has 0 rings (SSSR count). The van der Waals surface area contributed by atoms with Crippen molar-refractivity contribution in [3.63, 3.8) is 0 Å². The molecule has 4 nitrogen and oxygen atoms in total. The highest BCUT2D eigenvalue weighted by molar-refractivity contribution is 6.18. The van der Waals surface area contributed by atoms with Crippen molar-refractivity contribution in [3.05, 3.63) is 0 Å². The number of ketones is 2. The monoisotopic (exact) mass is 260 g/mol. The van der Waals surface area contributed by atoms with Crippen LogP contribution in [0.4, 0.5) is 0 Å². The summed E-state index contributed by atoms with van der Waals surface area (Å²) in [7, 11) is -1.12. The quantitative estimate of drug-likeness (QED) is 0.357. The van der Waals surface area contributed by atoms with E-state index < -0.39 is 21.5 Å². The molecule has 0 atom stereocenters. The molecular weight excluding hydrogens is 236 g/mol. The van der Waals surface area contributed by atoms with Crippen LogP contribution in [0.1, 0.15) is 47.5 Å². The van der Waals surface area contributed by atoms with E-state index in [1.54, 1.807) is 13.8 Å². The summed E-state index contributed by atoms with van der Waals surface area (Å²) in [4.78, 5) is 22.9. The number of Topliss-reactive ketones (excluding diaryl/α,β-unsaturated/α-hetero) is 2. The third-order valence-electron chi connectivity index (χ3n) is 2.66. The highest BCUT2D eigenvalue weighted by atomic mass is 28.3. The highest BCUT2D eigenvalue weighted by Crippen LogP contribution is 2.23. The third kappa shape index (κ3) is 6.09. The standard InChI is InChI=1S/C12H24O4Si/c1-6-7-8-15-17-16-12(4,5)11(9(2)13)10(3)14/h11H,6-8,17H2,1-5H3. The molecule has 0 aliphatic carbocycles. The van der Waals surface area contributed by atoms with Crippen molar-refractivity contribution in [2.75, 3.05) is 6.61 Å². The van der Waals surface area contributed by atoms with Crippen molar-refractivity contribution in [1.29, 1.82) is 0 Å². The van der Waals surface area contributed by atoms with Crippen molar-refractivity contribution >= 4 is 21.6 Å². The number of hydrogen-bond acceptors (Lipinski definition) is 4. The zero-order valence-corrected chi connectivity index (χ0v) is 13.0. The Morgan fingerprint density at radius 1 is 1.24 bits per heavy atom. The van der Waals surface area contributed by atoms with Crippen LogP contribution in [0.2, 0.25) is 0 Å². The van der Waals surface area contributed by atoms with Crippen LogP contribution in [-0.2, 0) is 18.4 Å². The molecular formula is C12H24O4Si. The smallest absolute Gasteiger partial charge is 0.304 e. The number of hydrogen-bond donors (Lipinski definition) is 0. The van der Waals surface area contributed by atoms with Crippen molar-refractivity contribution in [3.8, 4) is 0 Å². The SMILES string of the molecule is CCCCO[SiH2]OC(C)(C)C(C(C)=O)C(C)=O. The van der Waals surface area contributed by atoms with Crippen LogP contribution in [0, 0.1) is 5.92 Å². The third-order valence-corrected chi connectivity index (χ3v) is 3.98. The van der Waals surface area contributed by atoms with E-state index in [1.807, 2.05) is 0 Å². The van der Waals surface area contributed by atoms with E-state index >= 15 is 0 Å². The molecule has 0 saturated carbocycles. The average Bonchev–Trinajstić information content (AvgIpc) is 2.15. The normalized spacial score (nSPS) is 12.6. The van der Waals surface area contributed by atoms with Gasteiger partial charge in [-0.25, -0.2) is 0 Å². The summed E-state index contributed by atoms with van der Waals surface area (Å²) in [5.74, 6) is -0.986. The van der Waals surface area contributed by atoms with Gasteiger partial charge in [0.1, 0.15) is 17.5 Å². The van der Waals surface area contributed by atoms with Crippen LogP contribution < -0.4 is 0 Å². The van der Waals surface area contributed by atoms with Crippen molar-refractivity contribution in [1.82, 2.24) is 0 Å². The van der Waals surface area contributed by atoms with Gasteiger partial charge in [-0.1, -0.05) is 13.3 Å². The van der Waals surface area contributed by atoms with E-state index in [9.17, 15) is 9.59 Å². The maximum Gasteiger partial charge on any atom is 0.304 e. The Hall–Kier alpha value is -0.523. The first-order chi connectivity index (χ1) is 7.83. The Morgan fingerprint density at radius 3 is 2.18 bits per heavy atom. The van der Waals surface area contributed by atoms with E-state index in [-0.39, 0.29) is 11.6 Å². The van der Waals surface area contributed by atoms with Crippen LogP contribution in [-0.4, -0.2) is 33.8 Å². The molecule has 0 spiro atoms. The Kier molecular flexibility index (Phi) is 7.50. The maximum atomic E-state index is 11.4. The molecule has 0 bridgehead atoms. The Morgan fingerprint density at radius 2 is 1.76 bits per heavy atom. The number of rotatable bonds is 9. The van der Waals surface area contributed by atoms with Gasteiger partial charge in [0.05, 0.1) is 5.60 Å². The number of carbonyl (C=O) groups is 2. The first-order valence-electron chi connectivity index (χ1n) is 6.05. The van der Waals surface area contributed by atoms with Gasteiger partial charge in [0.2, 0.25) is 0 Å². The van der Waals surface area contributed by atoms with Gasteiger partial charge in [0, 0.05) is 6.61 Å². The Bertz CT molecular complexity index is 249. The topological polar surface area (TPSA) is 52.6 Å².